The predicted octanol–water partition coefficient (Wildman–Crippen LogP) is 0.898. The molecule has 1 aliphatic rings. The zero-order valence-corrected chi connectivity index (χ0v) is 11.1. The molecule has 98 valence electrons. The van der Waals surface area contributed by atoms with E-state index < -0.39 is 0 Å². The third-order valence-corrected chi connectivity index (χ3v) is 3.34. The van der Waals surface area contributed by atoms with Crippen molar-refractivity contribution in [3.63, 3.8) is 0 Å². The van der Waals surface area contributed by atoms with Gasteiger partial charge in [-0.25, -0.2) is 4.68 Å². The molecule has 18 heavy (non-hydrogen) atoms. The van der Waals surface area contributed by atoms with Gasteiger partial charge in [-0.3, -0.25) is 9.59 Å². The first-order valence-electron chi connectivity index (χ1n) is 6.31. The van der Waals surface area contributed by atoms with Gasteiger partial charge in [0.2, 0.25) is 0 Å². The van der Waals surface area contributed by atoms with Gasteiger partial charge in [-0.15, -0.1) is 0 Å². The van der Waals surface area contributed by atoms with E-state index in [0.717, 1.165) is 19.5 Å². The number of likely N-dealkylation sites (tertiary alicyclic amines) is 1. The van der Waals surface area contributed by atoms with Gasteiger partial charge in [-0.05, 0) is 24.3 Å². The summed E-state index contributed by atoms with van der Waals surface area (Å²) >= 11 is 0. The number of piperidine rings is 1. The van der Waals surface area contributed by atoms with Crippen LogP contribution in [-0.4, -0.2) is 33.7 Å². The molecule has 0 N–H and O–H groups in total. The summed E-state index contributed by atoms with van der Waals surface area (Å²) < 4.78 is 1.20. The van der Waals surface area contributed by atoms with Crippen molar-refractivity contribution in [2.24, 2.45) is 18.9 Å². The Morgan fingerprint density at radius 1 is 1.28 bits per heavy atom. The standard InChI is InChI=1S/C13H19N3O2/c1-9-6-10(2)8-16(7-9)13(18)11-4-5-12(17)15(3)14-11/h4-5,9-10H,6-8H2,1-3H3. The minimum absolute atomic E-state index is 0.0796. The van der Waals surface area contributed by atoms with Gasteiger partial charge < -0.3 is 4.90 Å². The maximum atomic E-state index is 12.3. The first-order chi connectivity index (χ1) is 8.47. The number of rotatable bonds is 1. The van der Waals surface area contributed by atoms with Crippen LogP contribution in [0.15, 0.2) is 16.9 Å². The molecule has 2 atom stereocenters. The number of amides is 1. The highest BCUT2D eigenvalue weighted by Gasteiger charge is 2.26. The van der Waals surface area contributed by atoms with E-state index in [0.29, 0.717) is 17.5 Å². The molecule has 0 saturated carbocycles. The van der Waals surface area contributed by atoms with Crippen LogP contribution < -0.4 is 5.56 Å². The van der Waals surface area contributed by atoms with E-state index in [1.807, 2.05) is 4.90 Å². The van der Waals surface area contributed by atoms with E-state index in [4.69, 9.17) is 0 Å². The molecule has 1 aliphatic heterocycles. The molecule has 2 heterocycles. The lowest BCUT2D eigenvalue weighted by atomic mass is 9.92. The van der Waals surface area contributed by atoms with Crippen LogP contribution in [0.3, 0.4) is 0 Å². The van der Waals surface area contributed by atoms with Crippen molar-refractivity contribution >= 4 is 5.91 Å². The van der Waals surface area contributed by atoms with Gasteiger partial charge in [-0.2, -0.15) is 5.10 Å². The number of aryl methyl sites for hydroxylation is 1. The fourth-order valence-corrected chi connectivity index (χ4v) is 2.61. The molecule has 1 fully saturated rings. The molecule has 2 rings (SSSR count). The zero-order chi connectivity index (χ0) is 13.3. The first kappa shape index (κ1) is 12.8. The number of carbonyl (C=O) groups is 1. The maximum absolute atomic E-state index is 12.3. The normalized spacial score (nSPS) is 24.1. The summed E-state index contributed by atoms with van der Waals surface area (Å²) in [5, 5.41) is 4.01. The minimum Gasteiger partial charge on any atom is -0.337 e. The number of hydrogen-bond acceptors (Lipinski definition) is 3. The van der Waals surface area contributed by atoms with Crippen LogP contribution in [0.2, 0.25) is 0 Å². The minimum atomic E-state index is -0.202. The summed E-state index contributed by atoms with van der Waals surface area (Å²) in [6.07, 6.45) is 1.16. The Morgan fingerprint density at radius 2 is 1.89 bits per heavy atom. The monoisotopic (exact) mass is 249 g/mol. The number of hydrogen-bond donors (Lipinski definition) is 0. The number of nitrogens with zero attached hydrogens (tertiary/aromatic N) is 3. The van der Waals surface area contributed by atoms with Gasteiger partial charge in [0, 0.05) is 26.2 Å². The van der Waals surface area contributed by atoms with Crippen molar-refractivity contribution < 1.29 is 4.79 Å². The van der Waals surface area contributed by atoms with E-state index in [9.17, 15) is 9.59 Å². The summed E-state index contributed by atoms with van der Waals surface area (Å²) in [6, 6.07) is 2.89. The zero-order valence-electron chi connectivity index (χ0n) is 11.1. The lowest BCUT2D eigenvalue weighted by Crippen LogP contribution is -2.43. The largest absolute Gasteiger partial charge is 0.337 e. The molecule has 1 amide bonds. The molecule has 1 saturated heterocycles. The van der Waals surface area contributed by atoms with Gasteiger partial charge in [0.05, 0.1) is 0 Å². The van der Waals surface area contributed by atoms with Crippen molar-refractivity contribution in [3.8, 4) is 0 Å². The van der Waals surface area contributed by atoms with Crippen molar-refractivity contribution in [2.75, 3.05) is 13.1 Å². The molecule has 0 radical (unpaired) electrons. The number of aromatic nitrogens is 2. The Balaban J connectivity index is 2.20. The van der Waals surface area contributed by atoms with E-state index in [2.05, 4.69) is 18.9 Å². The van der Waals surface area contributed by atoms with Crippen LogP contribution in [0, 0.1) is 11.8 Å². The van der Waals surface area contributed by atoms with Crippen molar-refractivity contribution in [3.05, 3.63) is 28.2 Å². The lowest BCUT2D eigenvalue weighted by Gasteiger charge is -2.34. The fraction of sp³-hybridized carbons (Fsp3) is 0.615. The Morgan fingerprint density at radius 3 is 2.44 bits per heavy atom. The van der Waals surface area contributed by atoms with Gasteiger partial charge in [0.25, 0.3) is 11.5 Å². The molecule has 5 heteroatoms. The summed E-state index contributed by atoms with van der Waals surface area (Å²) in [7, 11) is 1.56. The molecule has 0 bridgehead atoms. The second-order valence-corrected chi connectivity index (χ2v) is 5.34. The van der Waals surface area contributed by atoms with Gasteiger partial charge in [0.15, 0.2) is 0 Å². The third kappa shape index (κ3) is 2.60. The van der Waals surface area contributed by atoms with Gasteiger partial charge in [0.1, 0.15) is 5.69 Å². The molecule has 0 spiro atoms. The third-order valence-electron chi connectivity index (χ3n) is 3.34. The summed E-state index contributed by atoms with van der Waals surface area (Å²) in [4.78, 5) is 25.4. The van der Waals surface area contributed by atoms with Gasteiger partial charge in [-0.1, -0.05) is 13.8 Å². The van der Waals surface area contributed by atoms with Crippen LogP contribution in [0.4, 0.5) is 0 Å². The molecule has 1 aromatic heterocycles. The Labute approximate surface area is 106 Å². The topological polar surface area (TPSA) is 55.2 Å². The SMILES string of the molecule is CC1CC(C)CN(C(=O)c2ccc(=O)n(C)n2)C1. The van der Waals surface area contributed by atoms with E-state index in [-0.39, 0.29) is 11.5 Å². The van der Waals surface area contributed by atoms with Crippen LogP contribution in [0.1, 0.15) is 30.8 Å². The molecule has 1 aromatic rings. The molecule has 0 aliphatic carbocycles. The van der Waals surface area contributed by atoms with Crippen molar-refractivity contribution in [1.82, 2.24) is 14.7 Å². The lowest BCUT2D eigenvalue weighted by molar-refractivity contribution is 0.0614. The molecule has 5 nitrogen and oxygen atoms in total. The van der Waals surface area contributed by atoms with E-state index in [1.54, 1.807) is 7.05 Å². The second-order valence-electron chi connectivity index (χ2n) is 5.34. The highest BCUT2D eigenvalue weighted by atomic mass is 16.2. The summed E-state index contributed by atoms with van der Waals surface area (Å²) in [5.41, 5.74) is 0.144. The molecule has 2 unspecified atom stereocenters. The summed E-state index contributed by atoms with van der Waals surface area (Å²) in [5.74, 6) is 0.958. The fourth-order valence-electron chi connectivity index (χ4n) is 2.61. The van der Waals surface area contributed by atoms with Crippen LogP contribution >= 0.6 is 0 Å². The Bertz CT molecular complexity index is 499. The quantitative estimate of drug-likeness (QED) is 0.743. The first-order valence-corrected chi connectivity index (χ1v) is 6.31. The average Bonchev–Trinajstić information content (AvgIpc) is 2.30. The highest BCUT2D eigenvalue weighted by Crippen LogP contribution is 2.21. The summed E-state index contributed by atoms with van der Waals surface area (Å²) in [6.45, 7) is 5.86. The predicted molar refractivity (Wildman–Crippen MR) is 68.3 cm³/mol. The highest BCUT2D eigenvalue weighted by molar-refractivity contribution is 5.92. The van der Waals surface area contributed by atoms with Crippen LogP contribution in [-0.2, 0) is 7.05 Å². The second kappa shape index (κ2) is 4.92. The van der Waals surface area contributed by atoms with E-state index >= 15 is 0 Å². The van der Waals surface area contributed by atoms with Crippen molar-refractivity contribution in [1.29, 1.82) is 0 Å². The Kier molecular flexibility index (Phi) is 3.50. The number of carbonyl (C=O) groups excluding carboxylic acids is 1. The molecule has 0 aromatic carbocycles. The van der Waals surface area contributed by atoms with Crippen LogP contribution in [0.5, 0.6) is 0 Å². The molecular formula is C13H19N3O2. The van der Waals surface area contributed by atoms with Crippen LogP contribution in [0.25, 0.3) is 0 Å². The maximum Gasteiger partial charge on any atom is 0.274 e. The average molecular weight is 249 g/mol. The molecular weight excluding hydrogens is 230 g/mol. The smallest absolute Gasteiger partial charge is 0.274 e. The van der Waals surface area contributed by atoms with Crippen molar-refractivity contribution in [2.45, 2.75) is 20.3 Å². The van der Waals surface area contributed by atoms with E-state index in [1.165, 1.54) is 16.8 Å². The Hall–Kier alpha value is -1.65. The van der Waals surface area contributed by atoms with Gasteiger partial charge >= 0.3 is 0 Å².